The summed E-state index contributed by atoms with van der Waals surface area (Å²) in [5, 5.41) is 31.2. The Labute approximate surface area is 219 Å². The number of β-amino-alcohol motifs (C(OH)–C–C–N with tert-alkyl or cyclic N) is 2. The topological polar surface area (TPSA) is 103 Å². The van der Waals surface area contributed by atoms with Gasteiger partial charge in [0, 0.05) is 63.1 Å². The number of benzene rings is 2. The van der Waals surface area contributed by atoms with Gasteiger partial charge < -0.3 is 34.6 Å². The summed E-state index contributed by atoms with van der Waals surface area (Å²) in [6, 6.07) is 8.40. The van der Waals surface area contributed by atoms with E-state index in [1.165, 1.54) is 17.0 Å². The molecule has 2 fully saturated rings. The number of ether oxygens (including phenoxy) is 2. The minimum absolute atomic E-state index is 0.0341. The SMILES string of the molecule is O=C(c1cc(Cl)c(O)cc1OC[C@H](O)CN1CCC2(CC1)Cc1cc(Cl)ccc1O2)N1CC[C@H](O)C1. The number of aliphatic hydroxyl groups excluding tert-OH is 2. The van der Waals surface area contributed by atoms with Gasteiger partial charge in [0.05, 0.1) is 16.7 Å². The molecule has 5 rings (SSSR count). The van der Waals surface area contributed by atoms with Crippen molar-refractivity contribution in [3.63, 3.8) is 0 Å². The summed E-state index contributed by atoms with van der Waals surface area (Å²) in [5.74, 6) is 0.509. The standard InChI is InChI=1S/C26H30Cl2N2O6/c27-17-1-2-23-16(9-17)12-26(36-23)4-7-29(8-5-26)13-19(32)15-35-24-11-22(33)21(28)10-20(24)25(34)30-6-3-18(31)14-30/h1-2,9-11,18-19,31-33H,3-8,12-15H2/t18-,19+/m0/s1. The predicted octanol–water partition coefficient (Wildman–Crippen LogP) is 3.12. The van der Waals surface area contributed by atoms with Crippen LogP contribution in [-0.4, -0.2) is 88.2 Å². The molecule has 2 atom stereocenters. The Kier molecular flexibility index (Phi) is 7.25. The molecule has 3 heterocycles. The molecule has 2 saturated heterocycles. The number of likely N-dealkylation sites (tertiary alicyclic amines) is 2. The maximum Gasteiger partial charge on any atom is 0.257 e. The first kappa shape index (κ1) is 25.4. The van der Waals surface area contributed by atoms with Crippen LogP contribution in [0.15, 0.2) is 30.3 Å². The van der Waals surface area contributed by atoms with Gasteiger partial charge in [-0.1, -0.05) is 23.2 Å². The normalized spacial score (nSPS) is 21.9. The zero-order valence-electron chi connectivity index (χ0n) is 19.8. The third-order valence-electron chi connectivity index (χ3n) is 7.26. The molecule has 3 N–H and O–H groups in total. The van der Waals surface area contributed by atoms with Gasteiger partial charge in [0.15, 0.2) is 0 Å². The number of piperidine rings is 1. The second-order valence-corrected chi connectivity index (χ2v) is 10.8. The van der Waals surface area contributed by atoms with Crippen LogP contribution in [0.2, 0.25) is 10.0 Å². The van der Waals surface area contributed by atoms with Crippen LogP contribution in [0.5, 0.6) is 17.2 Å². The van der Waals surface area contributed by atoms with Crippen molar-refractivity contribution in [2.24, 2.45) is 0 Å². The number of carbonyl (C=O) groups excluding carboxylic acids is 1. The zero-order chi connectivity index (χ0) is 25.4. The fraction of sp³-hybridized carbons (Fsp3) is 0.500. The van der Waals surface area contributed by atoms with E-state index in [0.717, 1.165) is 43.7 Å². The van der Waals surface area contributed by atoms with Crippen molar-refractivity contribution < 1.29 is 29.6 Å². The summed E-state index contributed by atoms with van der Waals surface area (Å²) in [6.07, 6.45) is 1.69. The molecule has 1 spiro atoms. The number of carbonyl (C=O) groups is 1. The lowest BCUT2D eigenvalue weighted by Gasteiger charge is -2.39. The van der Waals surface area contributed by atoms with Crippen molar-refractivity contribution in [3.8, 4) is 17.2 Å². The number of halogens is 2. The summed E-state index contributed by atoms with van der Waals surface area (Å²) < 4.78 is 12.1. The monoisotopic (exact) mass is 536 g/mol. The summed E-state index contributed by atoms with van der Waals surface area (Å²) in [4.78, 5) is 16.7. The smallest absolute Gasteiger partial charge is 0.257 e. The molecule has 0 aromatic heterocycles. The molecule has 10 heteroatoms. The Morgan fingerprint density at radius 3 is 2.69 bits per heavy atom. The number of fused-ring (bicyclic) bond motifs is 1. The van der Waals surface area contributed by atoms with Gasteiger partial charge in [-0.3, -0.25) is 4.79 Å². The molecule has 3 aliphatic rings. The van der Waals surface area contributed by atoms with Gasteiger partial charge in [0.25, 0.3) is 5.91 Å². The number of rotatable bonds is 6. The lowest BCUT2D eigenvalue weighted by atomic mass is 9.87. The molecule has 8 nitrogen and oxygen atoms in total. The maximum absolute atomic E-state index is 13.0. The van der Waals surface area contributed by atoms with Gasteiger partial charge in [-0.15, -0.1) is 0 Å². The molecule has 194 valence electrons. The predicted molar refractivity (Wildman–Crippen MR) is 135 cm³/mol. The Hall–Kier alpha value is -2.23. The van der Waals surface area contributed by atoms with Crippen LogP contribution < -0.4 is 9.47 Å². The maximum atomic E-state index is 13.0. The van der Waals surface area contributed by atoms with E-state index in [4.69, 9.17) is 32.7 Å². The number of aromatic hydroxyl groups is 1. The minimum Gasteiger partial charge on any atom is -0.506 e. The first-order valence-corrected chi connectivity index (χ1v) is 13.0. The average Bonchev–Trinajstić information content (AvgIpc) is 3.43. The lowest BCUT2D eigenvalue weighted by Crippen LogP contribution is -2.49. The molecule has 3 aliphatic heterocycles. The van der Waals surface area contributed by atoms with Crippen LogP contribution in [0.4, 0.5) is 0 Å². The highest BCUT2D eigenvalue weighted by atomic mass is 35.5. The Morgan fingerprint density at radius 1 is 1.19 bits per heavy atom. The van der Waals surface area contributed by atoms with E-state index in [0.29, 0.717) is 24.5 Å². The highest BCUT2D eigenvalue weighted by molar-refractivity contribution is 6.32. The quantitative estimate of drug-likeness (QED) is 0.521. The summed E-state index contributed by atoms with van der Waals surface area (Å²) >= 11 is 12.2. The largest absolute Gasteiger partial charge is 0.506 e. The summed E-state index contributed by atoms with van der Waals surface area (Å²) in [6.45, 7) is 2.59. The molecule has 0 bridgehead atoms. The van der Waals surface area contributed by atoms with Gasteiger partial charge in [-0.05, 0) is 36.2 Å². The Bertz CT molecular complexity index is 1140. The van der Waals surface area contributed by atoms with Crippen LogP contribution in [0, 0.1) is 0 Å². The van der Waals surface area contributed by atoms with E-state index in [1.54, 1.807) is 0 Å². The molecule has 2 aromatic rings. The number of aliphatic hydroxyl groups is 2. The third kappa shape index (κ3) is 5.38. The van der Waals surface area contributed by atoms with Gasteiger partial charge in [0.2, 0.25) is 0 Å². The summed E-state index contributed by atoms with van der Waals surface area (Å²) in [7, 11) is 0. The molecule has 2 aromatic carbocycles. The fourth-order valence-electron chi connectivity index (χ4n) is 5.29. The molecule has 0 unspecified atom stereocenters. The van der Waals surface area contributed by atoms with Crippen molar-refractivity contribution in [2.75, 3.05) is 39.3 Å². The van der Waals surface area contributed by atoms with Gasteiger partial charge in [0.1, 0.15) is 35.6 Å². The minimum atomic E-state index is -0.797. The first-order chi connectivity index (χ1) is 17.2. The number of hydrogen-bond acceptors (Lipinski definition) is 7. The number of amides is 1. The van der Waals surface area contributed by atoms with E-state index in [1.807, 2.05) is 18.2 Å². The molecule has 36 heavy (non-hydrogen) atoms. The molecule has 0 saturated carbocycles. The molecule has 1 amide bonds. The van der Waals surface area contributed by atoms with Gasteiger partial charge in [-0.2, -0.15) is 0 Å². The molecular formula is C26H30Cl2N2O6. The van der Waals surface area contributed by atoms with Crippen LogP contribution in [0.1, 0.15) is 35.2 Å². The van der Waals surface area contributed by atoms with Crippen molar-refractivity contribution in [3.05, 3.63) is 51.5 Å². The number of phenolic OH excluding ortho intramolecular Hbond substituents is 1. The van der Waals surface area contributed by atoms with E-state index >= 15 is 0 Å². The van der Waals surface area contributed by atoms with Crippen molar-refractivity contribution in [1.29, 1.82) is 0 Å². The van der Waals surface area contributed by atoms with Crippen molar-refractivity contribution in [1.82, 2.24) is 9.80 Å². The number of hydrogen-bond donors (Lipinski definition) is 3. The fourth-order valence-corrected chi connectivity index (χ4v) is 5.65. The average molecular weight is 537 g/mol. The van der Waals surface area contributed by atoms with Crippen molar-refractivity contribution in [2.45, 2.75) is 43.5 Å². The molecule has 0 radical (unpaired) electrons. The molecule has 0 aliphatic carbocycles. The van der Waals surface area contributed by atoms with Crippen molar-refractivity contribution >= 4 is 29.1 Å². The van der Waals surface area contributed by atoms with E-state index < -0.39 is 12.2 Å². The zero-order valence-corrected chi connectivity index (χ0v) is 21.3. The van der Waals surface area contributed by atoms with Gasteiger partial charge >= 0.3 is 0 Å². The third-order valence-corrected chi connectivity index (χ3v) is 7.80. The van der Waals surface area contributed by atoms with E-state index in [-0.39, 0.29) is 46.7 Å². The van der Waals surface area contributed by atoms with E-state index in [2.05, 4.69) is 4.90 Å². The first-order valence-electron chi connectivity index (χ1n) is 12.2. The van der Waals surface area contributed by atoms with Crippen LogP contribution >= 0.6 is 23.2 Å². The molecular weight excluding hydrogens is 507 g/mol. The second-order valence-electron chi connectivity index (χ2n) is 9.97. The highest BCUT2D eigenvalue weighted by Gasteiger charge is 2.42. The Balaban J connectivity index is 1.15. The van der Waals surface area contributed by atoms with Crippen LogP contribution in [0.25, 0.3) is 0 Å². The highest BCUT2D eigenvalue weighted by Crippen LogP contribution is 2.42. The summed E-state index contributed by atoms with van der Waals surface area (Å²) in [5.41, 5.74) is 1.12. The van der Waals surface area contributed by atoms with Gasteiger partial charge in [-0.25, -0.2) is 0 Å². The number of nitrogens with zero attached hydrogens (tertiary/aromatic N) is 2. The number of phenols is 1. The van der Waals surface area contributed by atoms with E-state index in [9.17, 15) is 20.1 Å². The van der Waals surface area contributed by atoms with Crippen LogP contribution in [0.3, 0.4) is 0 Å². The Morgan fingerprint density at radius 2 is 1.97 bits per heavy atom. The van der Waals surface area contributed by atoms with Crippen LogP contribution in [-0.2, 0) is 6.42 Å². The second kappa shape index (κ2) is 10.3. The lowest BCUT2D eigenvalue weighted by molar-refractivity contribution is -0.00202.